The van der Waals surface area contributed by atoms with Crippen molar-refractivity contribution in [3.05, 3.63) is 58.3 Å². The minimum Gasteiger partial charge on any atom is -0.497 e. The standard InChI is InChI=1S/C14H15N5O3/c1-22-11-6-4-10(5-7-11)9-17-14(15)18-13-12(19(20)21)3-2-8-16-13/h2-8H,9H2,1H3,(H3,15,16,17,18). The van der Waals surface area contributed by atoms with Crippen molar-refractivity contribution < 1.29 is 9.66 Å². The van der Waals surface area contributed by atoms with E-state index >= 15 is 0 Å². The fraction of sp³-hybridized carbons (Fsp3) is 0.143. The van der Waals surface area contributed by atoms with E-state index in [1.54, 1.807) is 7.11 Å². The molecule has 0 saturated heterocycles. The van der Waals surface area contributed by atoms with Gasteiger partial charge in [0.2, 0.25) is 5.82 Å². The van der Waals surface area contributed by atoms with Gasteiger partial charge in [-0.05, 0) is 23.8 Å². The highest BCUT2D eigenvalue weighted by Gasteiger charge is 2.14. The zero-order valence-corrected chi connectivity index (χ0v) is 11.9. The van der Waals surface area contributed by atoms with Gasteiger partial charge in [-0.1, -0.05) is 12.1 Å². The van der Waals surface area contributed by atoms with E-state index in [0.29, 0.717) is 6.54 Å². The summed E-state index contributed by atoms with van der Waals surface area (Å²) >= 11 is 0. The SMILES string of the molecule is COc1ccc(CN=C(N)Nc2ncccc2[N+](=O)[O-])cc1. The van der Waals surface area contributed by atoms with Crippen LogP contribution in [0, 0.1) is 10.1 Å². The number of nitrogens with one attached hydrogen (secondary N) is 1. The van der Waals surface area contributed by atoms with Crippen LogP contribution in [0.15, 0.2) is 47.6 Å². The Morgan fingerprint density at radius 2 is 2.14 bits per heavy atom. The maximum absolute atomic E-state index is 10.9. The summed E-state index contributed by atoms with van der Waals surface area (Å²) in [4.78, 5) is 18.4. The third kappa shape index (κ3) is 3.92. The third-order valence-corrected chi connectivity index (χ3v) is 2.82. The monoisotopic (exact) mass is 301 g/mol. The average molecular weight is 301 g/mol. The molecule has 0 amide bonds. The van der Waals surface area contributed by atoms with Crippen LogP contribution < -0.4 is 15.8 Å². The Morgan fingerprint density at radius 3 is 2.77 bits per heavy atom. The number of anilines is 1. The molecule has 0 saturated carbocycles. The van der Waals surface area contributed by atoms with Crippen LogP contribution >= 0.6 is 0 Å². The molecule has 0 spiro atoms. The highest BCUT2D eigenvalue weighted by molar-refractivity contribution is 5.93. The quantitative estimate of drug-likeness (QED) is 0.377. The summed E-state index contributed by atoms with van der Waals surface area (Å²) in [6.45, 7) is 0.337. The molecule has 114 valence electrons. The van der Waals surface area contributed by atoms with Crippen LogP contribution in [-0.2, 0) is 6.54 Å². The number of hydrogen-bond acceptors (Lipinski definition) is 5. The van der Waals surface area contributed by atoms with Crippen molar-refractivity contribution in [2.75, 3.05) is 12.4 Å². The number of nitrogens with two attached hydrogens (primary N) is 1. The largest absolute Gasteiger partial charge is 0.497 e. The van der Waals surface area contributed by atoms with Crippen LogP contribution in [0.4, 0.5) is 11.5 Å². The van der Waals surface area contributed by atoms with Gasteiger partial charge in [0.05, 0.1) is 18.6 Å². The van der Waals surface area contributed by atoms with Gasteiger partial charge >= 0.3 is 5.69 Å². The van der Waals surface area contributed by atoms with Gasteiger partial charge in [0.1, 0.15) is 5.75 Å². The second-order valence-electron chi connectivity index (χ2n) is 4.30. The van der Waals surface area contributed by atoms with Gasteiger partial charge in [-0.2, -0.15) is 0 Å². The van der Waals surface area contributed by atoms with E-state index in [1.807, 2.05) is 24.3 Å². The smallest absolute Gasteiger partial charge is 0.311 e. The van der Waals surface area contributed by atoms with E-state index in [1.165, 1.54) is 18.3 Å². The molecule has 0 radical (unpaired) electrons. The topological polar surface area (TPSA) is 116 Å². The zero-order valence-electron chi connectivity index (χ0n) is 11.9. The summed E-state index contributed by atoms with van der Waals surface area (Å²) in [7, 11) is 1.59. The molecule has 0 unspecified atom stereocenters. The lowest BCUT2D eigenvalue weighted by Gasteiger charge is -2.05. The van der Waals surface area contributed by atoms with E-state index in [-0.39, 0.29) is 17.5 Å². The Hall–Kier alpha value is -3.16. The Labute approximate surface area is 126 Å². The van der Waals surface area contributed by atoms with Gasteiger partial charge in [-0.3, -0.25) is 10.1 Å². The van der Waals surface area contributed by atoms with Crippen molar-refractivity contribution in [1.29, 1.82) is 0 Å². The minimum absolute atomic E-state index is 0.0534. The number of hydrogen-bond donors (Lipinski definition) is 2. The first kappa shape index (κ1) is 15.2. The Bertz CT molecular complexity index is 685. The lowest BCUT2D eigenvalue weighted by molar-refractivity contribution is -0.384. The Balaban J connectivity index is 2.05. The van der Waals surface area contributed by atoms with E-state index in [2.05, 4.69) is 15.3 Å². The predicted octanol–water partition coefficient (Wildman–Crippen LogP) is 1.93. The minimum atomic E-state index is -0.536. The van der Waals surface area contributed by atoms with Crippen LogP contribution in [0.2, 0.25) is 0 Å². The van der Waals surface area contributed by atoms with Crippen molar-refractivity contribution in [2.45, 2.75) is 6.54 Å². The van der Waals surface area contributed by atoms with Crippen molar-refractivity contribution in [1.82, 2.24) is 4.98 Å². The molecule has 22 heavy (non-hydrogen) atoms. The van der Waals surface area contributed by atoms with E-state index in [9.17, 15) is 10.1 Å². The van der Waals surface area contributed by atoms with Crippen molar-refractivity contribution in [3.8, 4) is 5.75 Å². The Kier molecular flexibility index (Phi) is 4.86. The first-order chi connectivity index (χ1) is 10.6. The van der Waals surface area contributed by atoms with Crippen LogP contribution in [0.5, 0.6) is 5.75 Å². The fourth-order valence-corrected chi connectivity index (χ4v) is 1.71. The highest BCUT2D eigenvalue weighted by Crippen LogP contribution is 2.19. The number of benzene rings is 1. The second kappa shape index (κ2) is 7.02. The van der Waals surface area contributed by atoms with Crippen LogP contribution in [-0.4, -0.2) is 23.0 Å². The van der Waals surface area contributed by atoms with Gasteiger partial charge in [-0.15, -0.1) is 0 Å². The van der Waals surface area contributed by atoms with Gasteiger partial charge in [0.15, 0.2) is 5.96 Å². The maximum atomic E-state index is 10.9. The summed E-state index contributed by atoms with van der Waals surface area (Å²) in [5.74, 6) is 0.865. The van der Waals surface area contributed by atoms with E-state index in [0.717, 1.165) is 11.3 Å². The number of aliphatic imine (C=N–C) groups is 1. The second-order valence-corrected chi connectivity index (χ2v) is 4.30. The summed E-state index contributed by atoms with van der Waals surface area (Å²) in [5, 5.41) is 13.5. The number of methoxy groups -OCH3 is 1. The van der Waals surface area contributed by atoms with Crippen molar-refractivity contribution >= 4 is 17.5 Å². The molecular weight excluding hydrogens is 286 g/mol. The molecule has 8 heteroatoms. The lowest BCUT2D eigenvalue weighted by Crippen LogP contribution is -2.23. The molecule has 0 aliphatic rings. The third-order valence-electron chi connectivity index (χ3n) is 2.82. The summed E-state index contributed by atoms with van der Waals surface area (Å²) in [5.41, 5.74) is 6.50. The van der Waals surface area contributed by atoms with Crippen LogP contribution in [0.25, 0.3) is 0 Å². The molecule has 0 aliphatic carbocycles. The molecule has 2 aromatic rings. The number of rotatable bonds is 5. The van der Waals surface area contributed by atoms with Gasteiger partial charge in [0, 0.05) is 12.3 Å². The summed E-state index contributed by atoms with van der Waals surface area (Å²) in [6.07, 6.45) is 1.44. The van der Waals surface area contributed by atoms with Crippen LogP contribution in [0.3, 0.4) is 0 Å². The fourth-order valence-electron chi connectivity index (χ4n) is 1.71. The number of nitrogens with zero attached hydrogens (tertiary/aromatic N) is 3. The number of ether oxygens (including phenoxy) is 1. The molecular formula is C14H15N5O3. The molecule has 0 aliphatic heterocycles. The molecule has 0 bridgehead atoms. The summed E-state index contributed by atoms with van der Waals surface area (Å²) in [6, 6.07) is 10.2. The molecule has 0 fully saturated rings. The molecule has 1 aromatic carbocycles. The first-order valence-electron chi connectivity index (χ1n) is 6.39. The number of guanidine groups is 1. The van der Waals surface area contributed by atoms with E-state index in [4.69, 9.17) is 10.5 Å². The normalized spacial score (nSPS) is 11.0. The molecule has 1 heterocycles. The lowest BCUT2D eigenvalue weighted by atomic mass is 10.2. The molecule has 8 nitrogen and oxygen atoms in total. The zero-order chi connectivity index (χ0) is 15.9. The number of aromatic nitrogens is 1. The molecule has 2 rings (SSSR count). The summed E-state index contributed by atoms with van der Waals surface area (Å²) < 4.78 is 5.06. The number of pyridine rings is 1. The Morgan fingerprint density at radius 1 is 1.41 bits per heavy atom. The van der Waals surface area contributed by atoms with Crippen LogP contribution in [0.1, 0.15) is 5.56 Å². The molecule has 1 aromatic heterocycles. The van der Waals surface area contributed by atoms with Gasteiger partial charge in [-0.25, -0.2) is 9.98 Å². The van der Waals surface area contributed by atoms with E-state index < -0.39 is 4.92 Å². The molecule has 3 N–H and O–H groups in total. The van der Waals surface area contributed by atoms with Crippen molar-refractivity contribution in [2.24, 2.45) is 10.7 Å². The van der Waals surface area contributed by atoms with Crippen molar-refractivity contribution in [3.63, 3.8) is 0 Å². The number of nitro groups is 1. The van der Waals surface area contributed by atoms with Gasteiger partial charge in [0.25, 0.3) is 0 Å². The molecule has 0 atom stereocenters. The van der Waals surface area contributed by atoms with Gasteiger partial charge < -0.3 is 15.8 Å². The average Bonchev–Trinajstić information content (AvgIpc) is 2.53. The predicted molar refractivity (Wildman–Crippen MR) is 82.8 cm³/mol. The first-order valence-corrected chi connectivity index (χ1v) is 6.39. The maximum Gasteiger partial charge on any atom is 0.311 e. The highest BCUT2D eigenvalue weighted by atomic mass is 16.6.